The summed E-state index contributed by atoms with van der Waals surface area (Å²) in [5.41, 5.74) is 3.09. The van der Waals surface area contributed by atoms with Gasteiger partial charge in [0, 0.05) is 83.4 Å². The van der Waals surface area contributed by atoms with Gasteiger partial charge in [0.05, 0.1) is 24.0 Å². The van der Waals surface area contributed by atoms with Gasteiger partial charge >= 0.3 is 12.4 Å². The van der Waals surface area contributed by atoms with Crippen molar-refractivity contribution in [2.24, 2.45) is 0 Å². The fraction of sp³-hybridized carbons (Fsp3) is 0.373. The van der Waals surface area contributed by atoms with E-state index in [9.17, 15) is 26.3 Å². The van der Waals surface area contributed by atoms with E-state index < -0.39 is 29.3 Å². The number of aromatic nitrogens is 4. The Labute approximate surface area is 384 Å². The highest BCUT2D eigenvalue weighted by atomic mass is 19.4. The van der Waals surface area contributed by atoms with Gasteiger partial charge in [0.2, 0.25) is 6.54 Å². The molecule has 16 heteroatoms. The van der Waals surface area contributed by atoms with Gasteiger partial charge in [-0.05, 0) is 98.5 Å². The molecule has 4 aromatic carbocycles. The Bertz CT molecular complexity index is 3050. The van der Waals surface area contributed by atoms with Gasteiger partial charge in [0.1, 0.15) is 11.5 Å². The third kappa shape index (κ3) is 10.9. The molecule has 0 N–H and O–H groups in total. The average molecular weight is 927 g/mol. The van der Waals surface area contributed by atoms with Crippen molar-refractivity contribution in [3.63, 3.8) is 0 Å². The zero-order valence-corrected chi connectivity index (χ0v) is 36.9. The molecule has 8 rings (SSSR count). The first-order valence-electron chi connectivity index (χ1n) is 21.7. The van der Waals surface area contributed by atoms with Crippen LogP contribution < -0.4 is 9.47 Å². The molecule has 0 bridgehead atoms. The lowest BCUT2D eigenvalue weighted by Crippen LogP contribution is -2.10. The lowest BCUT2D eigenvalue weighted by atomic mass is 9.94. The number of nitrogens with zero attached hydrogens (tertiary/aromatic N) is 6. The van der Waals surface area contributed by atoms with Gasteiger partial charge in [0.25, 0.3) is 5.54 Å². The van der Waals surface area contributed by atoms with Crippen LogP contribution in [0.3, 0.4) is 0 Å². The monoisotopic (exact) mass is 926 g/mol. The number of halogens is 6. The van der Waals surface area contributed by atoms with Crippen LogP contribution in [0.25, 0.3) is 53.4 Å². The number of ether oxygens (including phenoxy) is 2. The Balaban J connectivity index is 0.000000218. The standard InChI is InChI=1S/C26H26F3N3O2.C24H22F3N3O2.CH4/c1-5-7-19-22(11-9-20-23(19)34-31-24(20)26(27,28)29)33-15-6-13-32-14-12-17-16-18(8-10-21(17)32)25(2,3)30-4;1-3-5-18-21(9-7-19-22(18)32-29-23(19)24(25,26)27)31-13-4-11-30-12-10-17-14-16(15-28-2)6-8-20(17)30;/h8-12,14,16H,5-7,13,15H2,1-3H3;6-10,12,14H,3-5,11,13,15H2,1H3;1H4. The smallest absolute Gasteiger partial charge is 0.437 e. The Morgan fingerprint density at radius 2 is 1.12 bits per heavy atom. The Morgan fingerprint density at radius 3 is 1.57 bits per heavy atom. The molecule has 8 aromatic rings. The lowest BCUT2D eigenvalue weighted by molar-refractivity contribution is -0.142. The predicted molar refractivity (Wildman–Crippen MR) is 247 cm³/mol. The van der Waals surface area contributed by atoms with E-state index in [4.69, 9.17) is 31.7 Å². The van der Waals surface area contributed by atoms with Gasteiger partial charge in [-0.15, -0.1) is 0 Å². The fourth-order valence-electron chi connectivity index (χ4n) is 8.04. The van der Waals surface area contributed by atoms with Gasteiger partial charge in [-0.25, -0.2) is 13.1 Å². The largest absolute Gasteiger partial charge is 0.493 e. The number of hydrogen-bond acceptors (Lipinski definition) is 6. The van der Waals surface area contributed by atoms with Crippen LogP contribution in [0.1, 0.15) is 94.4 Å². The molecule has 0 amide bonds. The van der Waals surface area contributed by atoms with Crippen LogP contribution in [0.2, 0.25) is 0 Å². The second-order valence-electron chi connectivity index (χ2n) is 16.5. The normalized spacial score (nSPS) is 11.9. The molecule has 0 saturated heterocycles. The minimum atomic E-state index is -4.57. The van der Waals surface area contributed by atoms with Crippen molar-refractivity contribution in [1.82, 2.24) is 19.4 Å². The van der Waals surface area contributed by atoms with E-state index in [2.05, 4.69) is 35.2 Å². The molecule has 352 valence electrons. The van der Waals surface area contributed by atoms with E-state index in [1.165, 1.54) is 12.1 Å². The minimum absolute atomic E-state index is 0. The summed E-state index contributed by atoms with van der Waals surface area (Å²) in [7, 11) is 0. The van der Waals surface area contributed by atoms with Crippen molar-refractivity contribution in [3.8, 4) is 11.5 Å². The maximum absolute atomic E-state index is 13.2. The highest BCUT2D eigenvalue weighted by Gasteiger charge is 2.39. The Hall–Kier alpha value is -6.94. The molecular formula is C51H52F6N6O4. The molecule has 0 aliphatic carbocycles. The van der Waals surface area contributed by atoms with E-state index in [0.29, 0.717) is 61.6 Å². The summed E-state index contributed by atoms with van der Waals surface area (Å²) in [5, 5.41) is 8.61. The highest BCUT2D eigenvalue weighted by molar-refractivity contribution is 5.86. The molecule has 0 spiro atoms. The van der Waals surface area contributed by atoms with Crippen molar-refractivity contribution < 1.29 is 44.9 Å². The van der Waals surface area contributed by atoms with E-state index in [1.54, 1.807) is 12.1 Å². The summed E-state index contributed by atoms with van der Waals surface area (Å²) in [4.78, 5) is 7.13. The van der Waals surface area contributed by atoms with Crippen molar-refractivity contribution in [2.75, 3.05) is 13.2 Å². The molecule has 0 saturated carbocycles. The zero-order chi connectivity index (χ0) is 47.2. The SMILES string of the molecule is C.[C-]#[N+]C(C)(C)c1ccc2c(ccn2CCCOc2ccc3c(C(F)(F)F)noc3c2CCC)c1.[C-]#[N+]Cc1ccc2c(ccn2CCCOc2ccc3c(C(F)(F)F)noc3c2CCC)c1. The third-order valence-corrected chi connectivity index (χ3v) is 11.4. The molecule has 0 atom stereocenters. The van der Waals surface area contributed by atoms with Crippen LogP contribution in [-0.2, 0) is 50.4 Å². The summed E-state index contributed by atoms with van der Waals surface area (Å²) in [6.45, 7) is 24.8. The third-order valence-electron chi connectivity index (χ3n) is 11.4. The van der Waals surface area contributed by atoms with E-state index in [0.717, 1.165) is 65.3 Å². The van der Waals surface area contributed by atoms with Gasteiger partial charge in [0.15, 0.2) is 22.6 Å². The van der Waals surface area contributed by atoms with E-state index >= 15 is 0 Å². The van der Waals surface area contributed by atoms with Crippen LogP contribution in [0.5, 0.6) is 11.5 Å². The van der Waals surface area contributed by atoms with Crippen molar-refractivity contribution >= 4 is 43.7 Å². The zero-order valence-electron chi connectivity index (χ0n) is 36.9. The van der Waals surface area contributed by atoms with Crippen molar-refractivity contribution in [2.45, 2.75) is 111 Å². The molecule has 0 unspecified atom stereocenters. The first-order chi connectivity index (χ1) is 31.6. The molecule has 0 fully saturated rings. The molecule has 0 radical (unpaired) electrons. The van der Waals surface area contributed by atoms with E-state index in [-0.39, 0.29) is 29.4 Å². The van der Waals surface area contributed by atoms with Crippen LogP contribution in [0.4, 0.5) is 26.3 Å². The molecule has 4 heterocycles. The van der Waals surface area contributed by atoms with E-state index in [1.807, 2.05) is 82.6 Å². The number of fused-ring (bicyclic) bond motifs is 4. The quantitative estimate of drug-likeness (QED) is 0.0545. The first-order valence-corrected chi connectivity index (χ1v) is 21.7. The topological polar surface area (TPSA) is 89.1 Å². The number of alkyl halides is 6. The van der Waals surface area contributed by atoms with Crippen molar-refractivity contribution in [3.05, 3.63) is 142 Å². The molecule has 10 nitrogen and oxygen atoms in total. The summed E-state index contributed by atoms with van der Waals surface area (Å²) < 4.78 is 105. The Kier molecular flexibility index (Phi) is 15.3. The average Bonchev–Trinajstić information content (AvgIpc) is 4.10. The molecule has 67 heavy (non-hydrogen) atoms. The van der Waals surface area contributed by atoms with Gasteiger partial charge in [-0.1, -0.05) is 44.4 Å². The highest BCUT2D eigenvalue weighted by Crippen LogP contribution is 2.40. The van der Waals surface area contributed by atoms with Crippen molar-refractivity contribution in [1.29, 1.82) is 0 Å². The number of benzene rings is 4. The predicted octanol–water partition coefficient (Wildman–Crippen LogP) is 14.7. The summed E-state index contributed by atoms with van der Waals surface area (Å²) in [6, 6.07) is 22.0. The van der Waals surface area contributed by atoms with Crippen LogP contribution in [0.15, 0.2) is 94.2 Å². The first kappa shape index (κ1) is 49.5. The second-order valence-corrected chi connectivity index (χ2v) is 16.5. The Morgan fingerprint density at radius 1 is 0.642 bits per heavy atom. The summed E-state index contributed by atoms with van der Waals surface area (Å²) >= 11 is 0. The van der Waals surface area contributed by atoms with Crippen LogP contribution >= 0.6 is 0 Å². The fourth-order valence-corrected chi connectivity index (χ4v) is 8.04. The van der Waals surface area contributed by atoms with Crippen LogP contribution in [-0.4, -0.2) is 32.7 Å². The van der Waals surface area contributed by atoms with Gasteiger partial charge in [-0.3, -0.25) is 0 Å². The number of hydrogen-bond donors (Lipinski definition) is 0. The molecule has 0 aliphatic heterocycles. The maximum atomic E-state index is 13.2. The number of aryl methyl sites for hydroxylation is 4. The molecule has 0 aliphatic rings. The van der Waals surface area contributed by atoms with Gasteiger partial charge in [-0.2, -0.15) is 26.3 Å². The summed E-state index contributed by atoms with van der Waals surface area (Å²) in [5.74, 6) is 1.06. The number of rotatable bonds is 16. The molecular weight excluding hydrogens is 875 g/mol. The summed E-state index contributed by atoms with van der Waals surface area (Å²) in [6.07, 6.45) is -1.12. The minimum Gasteiger partial charge on any atom is -0.493 e. The second kappa shape index (κ2) is 20.7. The van der Waals surface area contributed by atoms with Crippen LogP contribution in [0, 0.1) is 13.1 Å². The molecule has 4 aromatic heterocycles. The maximum Gasteiger partial charge on any atom is 0.437 e. The van der Waals surface area contributed by atoms with Gasteiger partial charge < -0.3 is 37.3 Å². The lowest BCUT2D eigenvalue weighted by Gasteiger charge is -2.13.